The maximum atomic E-state index is 13.4. The van der Waals surface area contributed by atoms with Gasteiger partial charge in [0.05, 0.1) is 14.2 Å². The number of methoxy groups -OCH3 is 2. The van der Waals surface area contributed by atoms with Crippen molar-refractivity contribution >= 4 is 29.3 Å². The minimum absolute atomic E-state index is 0.0210. The minimum Gasteiger partial charge on any atom is -0.467 e. The molecule has 7 nitrogen and oxygen atoms in total. The highest BCUT2D eigenvalue weighted by Gasteiger charge is 2.60. The van der Waals surface area contributed by atoms with Gasteiger partial charge in [0, 0.05) is 24.1 Å². The van der Waals surface area contributed by atoms with E-state index in [4.69, 9.17) is 9.47 Å². The average molecular weight is 395 g/mol. The molecule has 0 bridgehead atoms. The topological polar surface area (TPSA) is 90.0 Å². The van der Waals surface area contributed by atoms with Crippen molar-refractivity contribution in [2.75, 3.05) is 19.1 Å². The largest absolute Gasteiger partial charge is 0.467 e. The van der Waals surface area contributed by atoms with Crippen molar-refractivity contribution in [1.82, 2.24) is 0 Å². The molecule has 0 N–H and O–H groups in total. The van der Waals surface area contributed by atoms with Gasteiger partial charge in [0.15, 0.2) is 0 Å². The molecule has 0 aromatic heterocycles. The van der Waals surface area contributed by atoms with Gasteiger partial charge in [-0.3, -0.25) is 14.5 Å². The maximum Gasteiger partial charge on any atom is 0.344 e. The lowest BCUT2D eigenvalue weighted by atomic mass is 9.92. The predicted octanol–water partition coefficient (Wildman–Crippen LogP) is 2.11. The number of carbonyl (C=O) groups is 4. The summed E-state index contributed by atoms with van der Waals surface area (Å²) in [4.78, 5) is 51.7. The van der Waals surface area contributed by atoms with Crippen LogP contribution in [-0.2, 0) is 36.7 Å². The lowest BCUT2D eigenvalue weighted by Crippen LogP contribution is -2.62. The van der Waals surface area contributed by atoms with Gasteiger partial charge >= 0.3 is 11.9 Å². The van der Waals surface area contributed by atoms with Gasteiger partial charge in [-0.1, -0.05) is 30.3 Å². The Labute approximate surface area is 168 Å². The van der Waals surface area contributed by atoms with Gasteiger partial charge in [-0.15, -0.1) is 0 Å². The van der Waals surface area contributed by atoms with Crippen LogP contribution in [0.4, 0.5) is 5.69 Å². The van der Waals surface area contributed by atoms with Crippen LogP contribution in [0.3, 0.4) is 0 Å². The van der Waals surface area contributed by atoms with Gasteiger partial charge in [0.1, 0.15) is 5.78 Å². The van der Waals surface area contributed by atoms with Crippen LogP contribution in [-0.4, -0.2) is 43.4 Å². The van der Waals surface area contributed by atoms with Crippen molar-refractivity contribution in [3.63, 3.8) is 0 Å². The fourth-order valence-corrected chi connectivity index (χ4v) is 3.70. The summed E-state index contributed by atoms with van der Waals surface area (Å²) in [6.45, 7) is 1.48. The molecule has 1 amide bonds. The molecular formula is C22H21NO6. The van der Waals surface area contributed by atoms with Crippen LogP contribution in [0.25, 0.3) is 0 Å². The summed E-state index contributed by atoms with van der Waals surface area (Å²) in [5.74, 6) is -2.33. The first-order valence-electron chi connectivity index (χ1n) is 9.02. The molecule has 0 saturated carbocycles. The first kappa shape index (κ1) is 20.3. The number of hydrogen-bond acceptors (Lipinski definition) is 6. The van der Waals surface area contributed by atoms with Crippen LogP contribution in [0.1, 0.15) is 28.4 Å². The number of ketones is 1. The zero-order valence-corrected chi connectivity index (χ0v) is 16.4. The first-order chi connectivity index (χ1) is 13.8. The van der Waals surface area contributed by atoms with Crippen LogP contribution in [0.2, 0.25) is 0 Å². The number of rotatable bonds is 5. The van der Waals surface area contributed by atoms with Gasteiger partial charge in [0.2, 0.25) is 5.54 Å². The SMILES string of the molecule is COC(=O)C1(C(=O)OC)Cc2cc(CC(C)=O)ccc2N1C(=O)c1ccccc1. The second-order valence-electron chi connectivity index (χ2n) is 6.87. The molecule has 1 aliphatic heterocycles. The van der Waals surface area contributed by atoms with Crippen molar-refractivity contribution in [3.05, 3.63) is 65.2 Å². The molecule has 2 aromatic carbocycles. The third-order valence-electron chi connectivity index (χ3n) is 4.94. The number of nitrogens with zero attached hydrogens (tertiary/aromatic N) is 1. The molecule has 0 radical (unpaired) electrons. The van der Waals surface area contributed by atoms with Crippen LogP contribution in [0.5, 0.6) is 0 Å². The number of fused-ring (bicyclic) bond motifs is 1. The van der Waals surface area contributed by atoms with E-state index in [1.807, 2.05) is 0 Å². The fourth-order valence-electron chi connectivity index (χ4n) is 3.70. The van der Waals surface area contributed by atoms with Gasteiger partial charge < -0.3 is 9.47 Å². The number of anilines is 1. The van der Waals surface area contributed by atoms with Crippen molar-refractivity contribution in [2.24, 2.45) is 0 Å². The molecule has 1 aliphatic rings. The average Bonchev–Trinajstić information content (AvgIpc) is 3.07. The van der Waals surface area contributed by atoms with Crippen LogP contribution < -0.4 is 4.90 Å². The molecule has 1 heterocycles. The number of esters is 2. The van der Waals surface area contributed by atoms with Crippen LogP contribution in [0.15, 0.2) is 48.5 Å². The van der Waals surface area contributed by atoms with E-state index in [9.17, 15) is 19.2 Å². The maximum absolute atomic E-state index is 13.4. The van der Waals surface area contributed by atoms with E-state index in [1.165, 1.54) is 6.92 Å². The number of hydrogen-bond donors (Lipinski definition) is 0. The van der Waals surface area contributed by atoms with E-state index in [0.29, 0.717) is 16.8 Å². The molecule has 2 aromatic rings. The van der Waals surface area contributed by atoms with E-state index in [-0.39, 0.29) is 18.6 Å². The van der Waals surface area contributed by atoms with Gasteiger partial charge in [-0.2, -0.15) is 0 Å². The van der Waals surface area contributed by atoms with Crippen LogP contribution >= 0.6 is 0 Å². The Bertz CT molecular complexity index is 966. The van der Waals surface area contributed by atoms with E-state index >= 15 is 0 Å². The molecule has 7 heteroatoms. The molecule has 3 rings (SSSR count). The third-order valence-corrected chi connectivity index (χ3v) is 4.94. The van der Waals surface area contributed by atoms with Gasteiger partial charge in [0.25, 0.3) is 5.91 Å². The molecular weight excluding hydrogens is 374 g/mol. The molecule has 0 aliphatic carbocycles. The van der Waals surface area contributed by atoms with Gasteiger partial charge in [-0.25, -0.2) is 9.59 Å². The smallest absolute Gasteiger partial charge is 0.344 e. The summed E-state index contributed by atoms with van der Waals surface area (Å²) in [7, 11) is 2.31. The summed E-state index contributed by atoms with van der Waals surface area (Å²) in [5.41, 5.74) is 0.0539. The molecule has 0 saturated heterocycles. The summed E-state index contributed by atoms with van der Waals surface area (Å²) in [6.07, 6.45) is 0.107. The monoisotopic (exact) mass is 395 g/mol. The number of Topliss-reactive ketones (excluding diaryl/α,β-unsaturated/α-hetero) is 1. The van der Waals surface area contributed by atoms with Crippen molar-refractivity contribution in [1.29, 1.82) is 0 Å². The van der Waals surface area contributed by atoms with Crippen LogP contribution in [0, 0.1) is 0 Å². The summed E-state index contributed by atoms with van der Waals surface area (Å²) >= 11 is 0. The number of carbonyl (C=O) groups excluding carboxylic acids is 4. The normalized spacial score (nSPS) is 14.1. The Balaban J connectivity index is 2.21. The first-order valence-corrected chi connectivity index (χ1v) is 9.02. The number of benzene rings is 2. The van der Waals surface area contributed by atoms with E-state index in [1.54, 1.807) is 48.5 Å². The molecule has 150 valence electrons. The molecule has 0 atom stereocenters. The highest BCUT2D eigenvalue weighted by atomic mass is 16.5. The lowest BCUT2D eigenvalue weighted by Gasteiger charge is -2.33. The molecule has 0 spiro atoms. The quantitative estimate of drug-likeness (QED) is 0.569. The standard InChI is InChI=1S/C22H21NO6/c1-14(24)11-15-9-10-18-17(12-15)13-22(20(26)28-2,21(27)29-3)23(18)19(25)16-7-5-4-6-8-16/h4-10,12H,11,13H2,1-3H3. The second-order valence-corrected chi connectivity index (χ2v) is 6.87. The molecule has 0 fully saturated rings. The number of amides is 1. The zero-order valence-electron chi connectivity index (χ0n) is 16.4. The summed E-state index contributed by atoms with van der Waals surface area (Å²) in [6, 6.07) is 13.4. The Morgan fingerprint density at radius 1 is 0.966 bits per heavy atom. The Morgan fingerprint density at radius 2 is 1.59 bits per heavy atom. The minimum atomic E-state index is -1.98. The Kier molecular flexibility index (Phi) is 5.50. The Morgan fingerprint density at radius 3 is 2.14 bits per heavy atom. The predicted molar refractivity (Wildman–Crippen MR) is 105 cm³/mol. The fraction of sp³-hybridized carbons (Fsp3) is 0.273. The highest BCUT2D eigenvalue weighted by Crippen LogP contribution is 2.42. The Hall–Kier alpha value is -3.48. The summed E-state index contributed by atoms with van der Waals surface area (Å²) in [5, 5.41) is 0. The lowest BCUT2D eigenvalue weighted by molar-refractivity contribution is -0.160. The molecule has 0 unspecified atom stereocenters. The molecule has 29 heavy (non-hydrogen) atoms. The second kappa shape index (κ2) is 7.87. The summed E-state index contributed by atoms with van der Waals surface area (Å²) < 4.78 is 9.83. The zero-order chi connectivity index (χ0) is 21.2. The van der Waals surface area contributed by atoms with Crippen molar-refractivity contribution in [2.45, 2.75) is 25.3 Å². The highest BCUT2D eigenvalue weighted by molar-refractivity contribution is 6.21. The van der Waals surface area contributed by atoms with E-state index in [2.05, 4.69) is 0 Å². The van der Waals surface area contributed by atoms with E-state index in [0.717, 1.165) is 24.7 Å². The van der Waals surface area contributed by atoms with Gasteiger partial charge in [-0.05, 0) is 36.2 Å². The third kappa shape index (κ3) is 3.40. The van der Waals surface area contributed by atoms with E-state index < -0.39 is 23.4 Å². The van der Waals surface area contributed by atoms with Crippen molar-refractivity contribution in [3.8, 4) is 0 Å². The number of ether oxygens (including phenoxy) is 2. The van der Waals surface area contributed by atoms with Crippen molar-refractivity contribution < 1.29 is 28.7 Å².